The van der Waals surface area contributed by atoms with Crippen LogP contribution in [0.5, 0.6) is 0 Å². The molecule has 1 nitrogen and oxygen atoms in total. The summed E-state index contributed by atoms with van der Waals surface area (Å²) >= 11 is 1.60. The Morgan fingerprint density at radius 2 is 2.00 bits per heavy atom. The Balaban J connectivity index is 2.10. The van der Waals surface area contributed by atoms with E-state index in [0.717, 1.165) is 30.0 Å². The molecule has 0 heterocycles. The molecule has 0 unspecified atom stereocenters. The fourth-order valence-corrected chi connectivity index (χ4v) is 2.31. The van der Waals surface area contributed by atoms with E-state index in [0.29, 0.717) is 6.04 Å². The molecule has 0 aromatic heterocycles. The molecular formula is C13H20FNS. The zero-order valence-electron chi connectivity index (χ0n) is 10.0. The normalized spacial score (nSPS) is 11.0. The number of unbranched alkanes of at least 4 members (excludes halogenated alkanes) is 1. The fraction of sp³-hybridized carbons (Fsp3) is 0.538. The van der Waals surface area contributed by atoms with Crippen LogP contribution in [0.1, 0.15) is 26.7 Å². The molecule has 90 valence electrons. The van der Waals surface area contributed by atoms with E-state index in [1.54, 1.807) is 17.8 Å². The van der Waals surface area contributed by atoms with Gasteiger partial charge < -0.3 is 5.32 Å². The molecular weight excluding hydrogens is 221 g/mol. The quantitative estimate of drug-likeness (QED) is 0.577. The summed E-state index contributed by atoms with van der Waals surface area (Å²) in [6.45, 7) is 5.34. The molecule has 0 saturated carbocycles. The molecule has 0 bridgehead atoms. The van der Waals surface area contributed by atoms with Crippen LogP contribution < -0.4 is 5.32 Å². The molecule has 1 N–H and O–H groups in total. The van der Waals surface area contributed by atoms with Gasteiger partial charge in [0.1, 0.15) is 5.82 Å². The molecule has 16 heavy (non-hydrogen) atoms. The summed E-state index contributed by atoms with van der Waals surface area (Å²) in [6.07, 6.45) is 2.28. The van der Waals surface area contributed by atoms with E-state index in [9.17, 15) is 4.39 Å². The molecule has 0 aliphatic heterocycles. The van der Waals surface area contributed by atoms with Gasteiger partial charge in [0, 0.05) is 10.9 Å². The molecule has 0 amide bonds. The van der Waals surface area contributed by atoms with Crippen molar-refractivity contribution in [3.05, 3.63) is 30.1 Å². The first kappa shape index (κ1) is 13.5. The first-order valence-electron chi connectivity index (χ1n) is 5.81. The number of rotatable bonds is 7. The molecule has 0 atom stereocenters. The Bertz CT molecular complexity index is 302. The lowest BCUT2D eigenvalue weighted by atomic mass is 10.3. The average molecular weight is 241 g/mol. The number of thioether (sulfide) groups is 1. The summed E-state index contributed by atoms with van der Waals surface area (Å²) in [7, 11) is 0. The van der Waals surface area contributed by atoms with Crippen molar-refractivity contribution in [1.29, 1.82) is 0 Å². The summed E-state index contributed by atoms with van der Waals surface area (Å²) in [4.78, 5) is 0.763. The topological polar surface area (TPSA) is 12.0 Å². The molecule has 0 saturated heterocycles. The monoisotopic (exact) mass is 241 g/mol. The lowest BCUT2D eigenvalue weighted by molar-refractivity contribution is 0.567. The SMILES string of the molecule is CC(C)NCCCCSc1ccccc1F. The van der Waals surface area contributed by atoms with E-state index >= 15 is 0 Å². The highest BCUT2D eigenvalue weighted by Crippen LogP contribution is 2.21. The smallest absolute Gasteiger partial charge is 0.136 e. The minimum absolute atomic E-state index is 0.104. The van der Waals surface area contributed by atoms with Crippen molar-refractivity contribution in [3.63, 3.8) is 0 Å². The molecule has 1 aromatic rings. The Morgan fingerprint density at radius 1 is 1.25 bits per heavy atom. The van der Waals surface area contributed by atoms with Crippen LogP contribution in [-0.4, -0.2) is 18.3 Å². The third-order valence-corrected chi connectivity index (χ3v) is 3.35. The van der Waals surface area contributed by atoms with Gasteiger partial charge in [-0.2, -0.15) is 0 Å². The Morgan fingerprint density at radius 3 is 2.69 bits per heavy atom. The number of hydrogen-bond donors (Lipinski definition) is 1. The lowest BCUT2D eigenvalue weighted by Gasteiger charge is -2.07. The molecule has 1 aromatic carbocycles. The molecule has 1 rings (SSSR count). The molecule has 0 fully saturated rings. The molecule has 0 aliphatic carbocycles. The van der Waals surface area contributed by atoms with Crippen LogP contribution in [0, 0.1) is 5.82 Å². The van der Waals surface area contributed by atoms with Gasteiger partial charge in [0.25, 0.3) is 0 Å². The Kier molecular flexibility index (Phi) is 6.50. The largest absolute Gasteiger partial charge is 0.315 e. The first-order valence-corrected chi connectivity index (χ1v) is 6.79. The van der Waals surface area contributed by atoms with Crippen molar-refractivity contribution in [2.75, 3.05) is 12.3 Å². The fourth-order valence-electron chi connectivity index (χ4n) is 1.36. The van der Waals surface area contributed by atoms with Crippen LogP contribution in [0.2, 0.25) is 0 Å². The summed E-state index contributed by atoms with van der Waals surface area (Å²) in [5.41, 5.74) is 0. The second-order valence-electron chi connectivity index (χ2n) is 4.09. The predicted molar refractivity (Wildman–Crippen MR) is 69.5 cm³/mol. The van der Waals surface area contributed by atoms with E-state index in [2.05, 4.69) is 19.2 Å². The van der Waals surface area contributed by atoms with Gasteiger partial charge in [0.05, 0.1) is 0 Å². The van der Waals surface area contributed by atoms with Gasteiger partial charge in [-0.1, -0.05) is 26.0 Å². The van der Waals surface area contributed by atoms with Gasteiger partial charge >= 0.3 is 0 Å². The van der Waals surface area contributed by atoms with E-state index in [4.69, 9.17) is 0 Å². The van der Waals surface area contributed by atoms with E-state index < -0.39 is 0 Å². The maximum Gasteiger partial charge on any atom is 0.136 e. The highest BCUT2D eigenvalue weighted by atomic mass is 32.2. The second-order valence-corrected chi connectivity index (χ2v) is 5.23. The highest BCUT2D eigenvalue weighted by Gasteiger charge is 2.00. The predicted octanol–water partition coefficient (Wildman–Crippen LogP) is 3.70. The number of benzene rings is 1. The Labute approximate surface area is 102 Å². The molecule has 3 heteroatoms. The van der Waals surface area contributed by atoms with Crippen molar-refractivity contribution < 1.29 is 4.39 Å². The van der Waals surface area contributed by atoms with Crippen molar-refractivity contribution in [1.82, 2.24) is 5.32 Å². The Hall–Kier alpha value is -0.540. The summed E-state index contributed by atoms with van der Waals surface area (Å²) in [5, 5.41) is 3.37. The van der Waals surface area contributed by atoms with E-state index in [1.165, 1.54) is 6.07 Å². The molecule has 0 spiro atoms. The van der Waals surface area contributed by atoms with Crippen LogP contribution in [-0.2, 0) is 0 Å². The summed E-state index contributed by atoms with van der Waals surface area (Å²) in [6, 6.07) is 7.52. The third kappa shape index (κ3) is 5.52. The second kappa shape index (κ2) is 7.69. The van der Waals surface area contributed by atoms with Crippen molar-refractivity contribution in [2.45, 2.75) is 37.6 Å². The zero-order chi connectivity index (χ0) is 11.8. The van der Waals surface area contributed by atoms with Gasteiger partial charge in [0.15, 0.2) is 0 Å². The number of halogens is 1. The third-order valence-electron chi connectivity index (χ3n) is 2.22. The maximum absolute atomic E-state index is 13.2. The summed E-state index contributed by atoms with van der Waals surface area (Å²) in [5.74, 6) is 0.883. The van der Waals surface area contributed by atoms with Crippen LogP contribution in [0.4, 0.5) is 4.39 Å². The minimum Gasteiger partial charge on any atom is -0.315 e. The average Bonchev–Trinajstić information content (AvgIpc) is 2.25. The van der Waals surface area contributed by atoms with Gasteiger partial charge in [-0.15, -0.1) is 11.8 Å². The molecule has 0 aliphatic rings. The van der Waals surface area contributed by atoms with Crippen molar-refractivity contribution in [3.8, 4) is 0 Å². The van der Waals surface area contributed by atoms with Crippen LogP contribution in [0.25, 0.3) is 0 Å². The van der Waals surface area contributed by atoms with Gasteiger partial charge in [-0.05, 0) is 37.3 Å². The van der Waals surface area contributed by atoms with Gasteiger partial charge in [0.2, 0.25) is 0 Å². The van der Waals surface area contributed by atoms with E-state index in [1.807, 2.05) is 12.1 Å². The standard InChI is InChI=1S/C13H20FNS/c1-11(2)15-9-5-6-10-16-13-8-4-3-7-12(13)14/h3-4,7-8,11,15H,5-6,9-10H2,1-2H3. The number of hydrogen-bond acceptors (Lipinski definition) is 2. The zero-order valence-corrected chi connectivity index (χ0v) is 10.8. The molecule has 0 radical (unpaired) electrons. The minimum atomic E-state index is -0.104. The van der Waals surface area contributed by atoms with Crippen molar-refractivity contribution >= 4 is 11.8 Å². The lowest BCUT2D eigenvalue weighted by Crippen LogP contribution is -2.23. The van der Waals surface area contributed by atoms with Crippen LogP contribution in [0.3, 0.4) is 0 Å². The maximum atomic E-state index is 13.2. The first-order chi connectivity index (χ1) is 7.70. The highest BCUT2D eigenvalue weighted by molar-refractivity contribution is 7.99. The van der Waals surface area contributed by atoms with Crippen LogP contribution in [0.15, 0.2) is 29.2 Å². The summed E-state index contributed by atoms with van der Waals surface area (Å²) < 4.78 is 13.2. The van der Waals surface area contributed by atoms with Crippen LogP contribution >= 0.6 is 11.8 Å². The van der Waals surface area contributed by atoms with Crippen molar-refractivity contribution in [2.24, 2.45) is 0 Å². The number of nitrogens with one attached hydrogen (secondary N) is 1. The van der Waals surface area contributed by atoms with E-state index in [-0.39, 0.29) is 5.82 Å². The van der Waals surface area contributed by atoms with Gasteiger partial charge in [-0.3, -0.25) is 0 Å². The van der Waals surface area contributed by atoms with Gasteiger partial charge in [-0.25, -0.2) is 4.39 Å².